The lowest BCUT2D eigenvalue weighted by Gasteiger charge is -2.06. The molecule has 0 atom stereocenters. The van der Waals surface area contributed by atoms with Crippen molar-refractivity contribution in [2.75, 3.05) is 18.5 Å². The molecule has 2 N–H and O–H groups in total. The topological polar surface area (TPSA) is 80.3 Å². The van der Waals surface area contributed by atoms with Crippen LogP contribution in [-0.4, -0.2) is 30.1 Å². The Balaban J connectivity index is 2.31. The van der Waals surface area contributed by atoms with Crippen molar-refractivity contribution in [3.63, 3.8) is 0 Å². The molecule has 0 saturated carbocycles. The molecule has 7 heteroatoms. The Morgan fingerprint density at radius 1 is 1.36 bits per heavy atom. The molecule has 0 radical (unpaired) electrons. The van der Waals surface area contributed by atoms with Gasteiger partial charge in [0.15, 0.2) is 5.13 Å². The minimum Gasteiger partial charge on any atom is -0.449 e. The third-order valence-corrected chi connectivity index (χ3v) is 3.56. The van der Waals surface area contributed by atoms with Crippen molar-refractivity contribution < 1.29 is 14.3 Å². The van der Waals surface area contributed by atoms with Crippen LogP contribution in [-0.2, 0) is 16.0 Å². The number of carbonyl (C=O) groups is 2. The molecule has 0 aliphatic carbocycles. The van der Waals surface area contributed by atoms with Gasteiger partial charge < -0.3 is 10.1 Å². The number of carbonyl (C=O) groups excluding carboxylic acids is 2. The van der Waals surface area contributed by atoms with Gasteiger partial charge in [0.25, 0.3) is 0 Å². The van der Waals surface area contributed by atoms with Crippen molar-refractivity contribution in [3.8, 4) is 0 Å². The number of hydrogen-bond donors (Lipinski definition) is 2. The van der Waals surface area contributed by atoms with Crippen LogP contribution < -0.4 is 10.6 Å². The quantitative estimate of drug-likeness (QED) is 0.683. The summed E-state index contributed by atoms with van der Waals surface area (Å²) in [6.45, 7) is 7.12. The average Bonchev–Trinajstić information content (AvgIpc) is 2.88. The monoisotopic (exact) mass is 327 g/mol. The number of rotatable bonds is 9. The predicted octanol–water partition coefficient (Wildman–Crippen LogP) is 3.20. The van der Waals surface area contributed by atoms with E-state index in [9.17, 15) is 9.59 Å². The van der Waals surface area contributed by atoms with Crippen LogP contribution in [0.5, 0.6) is 0 Å². The van der Waals surface area contributed by atoms with Gasteiger partial charge in [0.05, 0.1) is 18.7 Å². The molecule has 0 spiro atoms. The molecular formula is C15H25N3O3S. The molecule has 6 nitrogen and oxygen atoms in total. The fourth-order valence-corrected chi connectivity index (χ4v) is 2.34. The van der Waals surface area contributed by atoms with Crippen LogP contribution in [0.1, 0.15) is 45.7 Å². The molecule has 1 heterocycles. The third kappa shape index (κ3) is 7.97. The third-order valence-electron chi connectivity index (χ3n) is 2.75. The van der Waals surface area contributed by atoms with Crippen molar-refractivity contribution in [2.24, 2.45) is 5.92 Å². The van der Waals surface area contributed by atoms with E-state index < -0.39 is 6.09 Å². The molecule has 1 aromatic heterocycles. The molecule has 0 bridgehead atoms. The maximum Gasteiger partial charge on any atom is 0.413 e. The van der Waals surface area contributed by atoms with E-state index in [4.69, 9.17) is 4.74 Å². The number of amides is 2. The van der Waals surface area contributed by atoms with E-state index in [1.165, 1.54) is 11.3 Å². The van der Waals surface area contributed by atoms with Crippen LogP contribution in [0.3, 0.4) is 0 Å². The second-order valence-corrected chi connectivity index (χ2v) is 6.35. The van der Waals surface area contributed by atoms with E-state index in [0.29, 0.717) is 24.0 Å². The van der Waals surface area contributed by atoms with Gasteiger partial charge in [-0.2, -0.15) is 0 Å². The summed E-state index contributed by atoms with van der Waals surface area (Å²) in [5.74, 6) is 0.240. The van der Waals surface area contributed by atoms with Gasteiger partial charge in [-0.3, -0.25) is 10.1 Å². The van der Waals surface area contributed by atoms with Crippen LogP contribution >= 0.6 is 11.3 Å². The van der Waals surface area contributed by atoms with Gasteiger partial charge in [-0.05, 0) is 12.3 Å². The summed E-state index contributed by atoms with van der Waals surface area (Å²) in [5.41, 5.74) is 0.650. The van der Waals surface area contributed by atoms with Crippen molar-refractivity contribution in [3.05, 3.63) is 11.1 Å². The van der Waals surface area contributed by atoms with E-state index in [0.717, 1.165) is 19.3 Å². The summed E-state index contributed by atoms with van der Waals surface area (Å²) in [6.07, 6.45) is 2.95. The number of aromatic nitrogens is 1. The lowest BCUT2D eigenvalue weighted by molar-refractivity contribution is -0.120. The average molecular weight is 327 g/mol. The maximum atomic E-state index is 11.7. The number of nitrogens with one attached hydrogen (secondary N) is 2. The summed E-state index contributed by atoms with van der Waals surface area (Å²) in [6, 6.07) is 0. The SMILES string of the molecule is CCCCCNC(=O)Cc1csc(NC(=O)OCC(C)C)n1. The van der Waals surface area contributed by atoms with Gasteiger partial charge in [0.1, 0.15) is 0 Å². The molecule has 0 aliphatic heterocycles. The largest absolute Gasteiger partial charge is 0.449 e. The Hall–Kier alpha value is -1.63. The summed E-state index contributed by atoms with van der Waals surface area (Å²) >= 11 is 1.28. The predicted molar refractivity (Wildman–Crippen MR) is 88.2 cm³/mol. The molecule has 1 aromatic rings. The molecule has 0 aliphatic rings. The highest BCUT2D eigenvalue weighted by atomic mass is 32.1. The van der Waals surface area contributed by atoms with Crippen molar-refractivity contribution in [1.29, 1.82) is 0 Å². The summed E-state index contributed by atoms with van der Waals surface area (Å²) in [5, 5.41) is 7.64. The highest BCUT2D eigenvalue weighted by molar-refractivity contribution is 7.13. The number of ether oxygens (including phenoxy) is 1. The van der Waals surface area contributed by atoms with Gasteiger partial charge in [-0.1, -0.05) is 33.6 Å². The smallest absolute Gasteiger partial charge is 0.413 e. The number of anilines is 1. The van der Waals surface area contributed by atoms with E-state index in [1.54, 1.807) is 5.38 Å². The van der Waals surface area contributed by atoms with Gasteiger partial charge in [0, 0.05) is 11.9 Å². The maximum absolute atomic E-state index is 11.7. The summed E-state index contributed by atoms with van der Waals surface area (Å²) in [7, 11) is 0. The Morgan fingerprint density at radius 2 is 2.14 bits per heavy atom. The molecular weight excluding hydrogens is 302 g/mol. The Morgan fingerprint density at radius 3 is 2.82 bits per heavy atom. The zero-order chi connectivity index (χ0) is 16.4. The van der Waals surface area contributed by atoms with Crippen molar-refractivity contribution >= 4 is 28.5 Å². The first-order chi connectivity index (χ1) is 10.5. The standard InChI is InChI=1S/C15H25N3O3S/c1-4-5-6-7-16-13(19)8-12-10-22-14(17-12)18-15(20)21-9-11(2)3/h10-11H,4-9H2,1-3H3,(H,16,19)(H,17,18,20). The highest BCUT2D eigenvalue weighted by Crippen LogP contribution is 2.16. The fourth-order valence-electron chi connectivity index (χ4n) is 1.64. The molecule has 124 valence electrons. The van der Waals surface area contributed by atoms with E-state index in [1.807, 2.05) is 13.8 Å². The van der Waals surface area contributed by atoms with Gasteiger partial charge in [-0.25, -0.2) is 9.78 Å². The molecule has 0 aromatic carbocycles. The zero-order valence-electron chi connectivity index (χ0n) is 13.5. The number of hydrogen-bond acceptors (Lipinski definition) is 5. The Labute approximate surface area is 135 Å². The number of nitrogens with zero attached hydrogens (tertiary/aromatic N) is 1. The molecule has 22 heavy (non-hydrogen) atoms. The first-order valence-electron chi connectivity index (χ1n) is 7.66. The van der Waals surface area contributed by atoms with Crippen molar-refractivity contribution in [1.82, 2.24) is 10.3 Å². The van der Waals surface area contributed by atoms with E-state index in [-0.39, 0.29) is 18.2 Å². The van der Waals surface area contributed by atoms with Crippen LogP contribution in [0.2, 0.25) is 0 Å². The molecule has 0 fully saturated rings. The van der Waals surface area contributed by atoms with Gasteiger partial charge in [0.2, 0.25) is 5.91 Å². The Kier molecular flexibility index (Phi) is 8.50. The first kappa shape index (κ1) is 18.4. The second kappa shape index (κ2) is 10.2. The van der Waals surface area contributed by atoms with E-state index >= 15 is 0 Å². The lowest BCUT2D eigenvalue weighted by Crippen LogP contribution is -2.26. The minimum absolute atomic E-state index is 0.0460. The number of unbranched alkanes of at least 4 members (excludes halogenated alkanes) is 2. The molecule has 0 saturated heterocycles. The number of thiazole rings is 1. The molecule has 1 rings (SSSR count). The molecule has 2 amide bonds. The summed E-state index contributed by atoms with van der Waals surface area (Å²) in [4.78, 5) is 27.4. The van der Waals surface area contributed by atoms with Crippen LogP contribution in [0.25, 0.3) is 0 Å². The van der Waals surface area contributed by atoms with Crippen molar-refractivity contribution in [2.45, 2.75) is 46.5 Å². The normalized spacial score (nSPS) is 10.5. The zero-order valence-corrected chi connectivity index (χ0v) is 14.3. The van der Waals surface area contributed by atoms with E-state index in [2.05, 4.69) is 22.5 Å². The van der Waals surface area contributed by atoms with Gasteiger partial charge >= 0.3 is 6.09 Å². The molecule has 0 unspecified atom stereocenters. The Bertz CT molecular complexity index is 474. The second-order valence-electron chi connectivity index (χ2n) is 5.50. The minimum atomic E-state index is -0.515. The highest BCUT2D eigenvalue weighted by Gasteiger charge is 2.10. The van der Waals surface area contributed by atoms with Crippen LogP contribution in [0.15, 0.2) is 5.38 Å². The van der Waals surface area contributed by atoms with Gasteiger partial charge in [-0.15, -0.1) is 11.3 Å². The fraction of sp³-hybridized carbons (Fsp3) is 0.667. The lowest BCUT2D eigenvalue weighted by atomic mass is 10.2. The summed E-state index contributed by atoms with van der Waals surface area (Å²) < 4.78 is 5.01. The first-order valence-corrected chi connectivity index (χ1v) is 8.54. The van der Waals surface area contributed by atoms with Crippen LogP contribution in [0, 0.1) is 5.92 Å². The van der Waals surface area contributed by atoms with Crippen LogP contribution in [0.4, 0.5) is 9.93 Å².